The van der Waals surface area contributed by atoms with E-state index in [9.17, 15) is 14.7 Å². The van der Waals surface area contributed by atoms with E-state index >= 15 is 0 Å². The van der Waals surface area contributed by atoms with Gasteiger partial charge < -0.3 is 19.3 Å². The van der Waals surface area contributed by atoms with E-state index in [4.69, 9.17) is 14.2 Å². The van der Waals surface area contributed by atoms with Gasteiger partial charge in [-0.2, -0.15) is 0 Å². The molecule has 5 rings (SSSR count). The molecule has 3 aromatic rings. The second-order valence-corrected chi connectivity index (χ2v) is 9.65. The Labute approximate surface area is 204 Å². The van der Waals surface area contributed by atoms with Crippen molar-refractivity contribution < 1.29 is 28.9 Å². The van der Waals surface area contributed by atoms with E-state index < -0.39 is 6.09 Å². The molecule has 0 radical (unpaired) electrons. The van der Waals surface area contributed by atoms with Crippen LogP contribution in [0.5, 0.6) is 5.75 Å². The lowest BCUT2D eigenvalue weighted by Gasteiger charge is -2.51. The number of aromatic nitrogens is 1. The van der Waals surface area contributed by atoms with Gasteiger partial charge in [0.05, 0.1) is 38.5 Å². The largest absolute Gasteiger partial charge is 0.496 e. The van der Waals surface area contributed by atoms with Crippen LogP contribution in [0.2, 0.25) is 0 Å². The normalized spacial score (nSPS) is 19.5. The number of rotatable bonds is 5. The van der Waals surface area contributed by atoms with Gasteiger partial charge in [-0.15, -0.1) is 0 Å². The molecule has 35 heavy (non-hydrogen) atoms. The SMILES string of the molecule is COC(=O)c1ccc([C@@H]2CC3(CCN2Cc2c(OC)cc(C)c4c2ccn4C(=O)O)COC3)cc1. The molecule has 2 aromatic carbocycles. The number of methoxy groups -OCH3 is 2. The predicted molar refractivity (Wildman–Crippen MR) is 130 cm³/mol. The standard InChI is InChI=1S/C27H30N2O6/c1-17-12-23(33-2)21(20-8-10-29(24(17)20)26(31)32)14-28-11-9-27(15-35-16-27)13-22(28)18-4-6-19(7-5-18)25(30)34-3/h4-8,10,12,22H,9,11,13-16H2,1-3H3,(H,31,32)/t22-/m0/s1. The molecule has 2 saturated heterocycles. The van der Waals surface area contributed by atoms with Crippen LogP contribution in [0.4, 0.5) is 4.79 Å². The fourth-order valence-electron chi connectivity index (χ4n) is 5.58. The lowest BCUT2D eigenvalue weighted by atomic mass is 9.72. The average molecular weight is 479 g/mol. The van der Waals surface area contributed by atoms with Gasteiger partial charge in [-0.25, -0.2) is 9.59 Å². The first-order valence-electron chi connectivity index (χ1n) is 11.8. The van der Waals surface area contributed by atoms with Gasteiger partial charge in [-0.3, -0.25) is 9.47 Å². The Hall–Kier alpha value is -3.36. The summed E-state index contributed by atoms with van der Waals surface area (Å²) < 4.78 is 17.5. The van der Waals surface area contributed by atoms with Crippen molar-refractivity contribution in [2.24, 2.45) is 5.41 Å². The van der Waals surface area contributed by atoms with Crippen molar-refractivity contribution in [2.75, 3.05) is 34.0 Å². The molecule has 8 nitrogen and oxygen atoms in total. The minimum Gasteiger partial charge on any atom is -0.496 e. The Morgan fingerprint density at radius 2 is 1.91 bits per heavy atom. The first-order chi connectivity index (χ1) is 16.9. The van der Waals surface area contributed by atoms with Gasteiger partial charge >= 0.3 is 12.1 Å². The Kier molecular flexibility index (Phi) is 6.02. The van der Waals surface area contributed by atoms with Gasteiger partial charge in [0.15, 0.2) is 0 Å². The molecule has 2 fully saturated rings. The molecule has 8 heteroatoms. The zero-order valence-electron chi connectivity index (χ0n) is 20.2. The lowest BCUT2D eigenvalue weighted by molar-refractivity contribution is -0.153. The summed E-state index contributed by atoms with van der Waals surface area (Å²) in [6.45, 7) is 4.95. The summed E-state index contributed by atoms with van der Waals surface area (Å²) in [5, 5.41) is 10.6. The van der Waals surface area contributed by atoms with E-state index in [1.807, 2.05) is 43.3 Å². The smallest absolute Gasteiger partial charge is 0.416 e. The fourth-order valence-corrected chi connectivity index (χ4v) is 5.58. The summed E-state index contributed by atoms with van der Waals surface area (Å²) in [4.78, 5) is 26.2. The molecule has 2 aliphatic rings. The fraction of sp³-hybridized carbons (Fsp3) is 0.407. The van der Waals surface area contributed by atoms with Crippen LogP contribution >= 0.6 is 0 Å². The number of nitrogens with zero attached hydrogens (tertiary/aromatic N) is 2. The summed E-state index contributed by atoms with van der Waals surface area (Å²) in [5.41, 5.74) is 4.36. The van der Waals surface area contributed by atoms with E-state index in [1.54, 1.807) is 13.3 Å². The third-order valence-electron chi connectivity index (χ3n) is 7.55. The number of carbonyl (C=O) groups excluding carboxylic acids is 1. The molecule has 3 heterocycles. The summed E-state index contributed by atoms with van der Waals surface area (Å²) in [5.74, 6) is 0.404. The Bertz CT molecular complexity index is 1280. The van der Waals surface area contributed by atoms with E-state index in [0.717, 1.165) is 60.4 Å². The minimum atomic E-state index is -1.01. The minimum absolute atomic E-state index is 0.127. The summed E-state index contributed by atoms with van der Waals surface area (Å²) in [6, 6.07) is 11.5. The zero-order valence-corrected chi connectivity index (χ0v) is 20.2. The Morgan fingerprint density at radius 1 is 1.17 bits per heavy atom. The third kappa shape index (κ3) is 4.06. The van der Waals surface area contributed by atoms with Crippen LogP contribution in [0, 0.1) is 12.3 Å². The van der Waals surface area contributed by atoms with Gasteiger partial charge in [0.1, 0.15) is 5.75 Å². The van der Waals surface area contributed by atoms with E-state index in [-0.39, 0.29) is 17.4 Å². The van der Waals surface area contributed by atoms with Crippen LogP contribution in [-0.2, 0) is 16.0 Å². The van der Waals surface area contributed by atoms with Crippen molar-refractivity contribution in [1.29, 1.82) is 0 Å². The lowest BCUT2D eigenvalue weighted by Crippen LogP contribution is -2.51. The molecule has 184 valence electrons. The van der Waals surface area contributed by atoms with Crippen LogP contribution in [0.15, 0.2) is 42.6 Å². The van der Waals surface area contributed by atoms with E-state index in [0.29, 0.717) is 17.6 Å². The van der Waals surface area contributed by atoms with E-state index in [2.05, 4.69) is 4.90 Å². The number of benzene rings is 2. The molecule has 0 amide bonds. The Balaban J connectivity index is 1.53. The van der Waals surface area contributed by atoms with Crippen molar-refractivity contribution >= 4 is 23.0 Å². The van der Waals surface area contributed by atoms with Crippen molar-refractivity contribution in [3.8, 4) is 5.75 Å². The third-order valence-corrected chi connectivity index (χ3v) is 7.55. The summed E-state index contributed by atoms with van der Waals surface area (Å²) in [6.07, 6.45) is 2.59. The molecule has 2 aliphatic heterocycles. The van der Waals surface area contributed by atoms with Gasteiger partial charge in [0, 0.05) is 35.1 Å². The number of likely N-dealkylation sites (tertiary alicyclic amines) is 1. The quantitative estimate of drug-likeness (QED) is 0.535. The van der Waals surface area contributed by atoms with Crippen LogP contribution < -0.4 is 4.74 Å². The number of carbonyl (C=O) groups is 2. The highest BCUT2D eigenvalue weighted by Gasteiger charge is 2.45. The highest BCUT2D eigenvalue weighted by Crippen LogP contribution is 2.47. The monoisotopic (exact) mass is 478 g/mol. The van der Waals surface area contributed by atoms with E-state index in [1.165, 1.54) is 11.7 Å². The highest BCUT2D eigenvalue weighted by atomic mass is 16.5. The second-order valence-electron chi connectivity index (χ2n) is 9.65. The first kappa shape index (κ1) is 23.4. The van der Waals surface area contributed by atoms with Crippen molar-refractivity contribution in [1.82, 2.24) is 9.47 Å². The summed E-state index contributed by atoms with van der Waals surface area (Å²) in [7, 11) is 3.03. The first-order valence-corrected chi connectivity index (χ1v) is 11.8. The number of aryl methyl sites for hydroxylation is 1. The molecular formula is C27H30N2O6. The number of hydrogen-bond acceptors (Lipinski definition) is 6. The molecule has 0 unspecified atom stereocenters. The molecule has 0 saturated carbocycles. The van der Waals surface area contributed by atoms with Crippen molar-refractivity contribution in [2.45, 2.75) is 32.4 Å². The number of ether oxygens (including phenoxy) is 3. The van der Waals surface area contributed by atoms with Crippen molar-refractivity contribution in [3.63, 3.8) is 0 Å². The maximum absolute atomic E-state index is 11.9. The summed E-state index contributed by atoms with van der Waals surface area (Å²) >= 11 is 0. The number of piperidine rings is 1. The molecular weight excluding hydrogens is 448 g/mol. The number of esters is 1. The number of fused-ring (bicyclic) bond motifs is 1. The van der Waals surface area contributed by atoms with Gasteiger partial charge in [-0.1, -0.05) is 12.1 Å². The molecule has 1 aromatic heterocycles. The molecule has 1 atom stereocenters. The van der Waals surface area contributed by atoms with Crippen LogP contribution in [0.3, 0.4) is 0 Å². The van der Waals surface area contributed by atoms with Gasteiger partial charge in [0.25, 0.3) is 0 Å². The number of carboxylic acid groups (broad SMARTS) is 1. The molecule has 0 bridgehead atoms. The maximum Gasteiger partial charge on any atom is 0.416 e. The van der Waals surface area contributed by atoms with Crippen LogP contribution in [-0.4, -0.2) is 60.6 Å². The number of hydrogen-bond donors (Lipinski definition) is 1. The predicted octanol–water partition coefficient (Wildman–Crippen LogP) is 4.62. The Morgan fingerprint density at radius 3 is 2.51 bits per heavy atom. The van der Waals surface area contributed by atoms with Crippen molar-refractivity contribution in [3.05, 3.63) is 64.8 Å². The molecule has 1 N–H and O–H groups in total. The van der Waals surface area contributed by atoms with Gasteiger partial charge in [0.2, 0.25) is 0 Å². The van der Waals surface area contributed by atoms with Gasteiger partial charge in [-0.05, 0) is 61.7 Å². The average Bonchev–Trinajstić information content (AvgIpc) is 3.31. The molecule has 1 spiro atoms. The van der Waals surface area contributed by atoms with Crippen LogP contribution in [0.25, 0.3) is 10.9 Å². The topological polar surface area (TPSA) is 90.2 Å². The maximum atomic E-state index is 11.9. The van der Waals surface area contributed by atoms with Crippen LogP contribution in [0.1, 0.15) is 45.9 Å². The molecule has 0 aliphatic carbocycles. The highest BCUT2D eigenvalue weighted by molar-refractivity contribution is 5.94. The second kappa shape index (κ2) is 9.02. The zero-order chi connectivity index (χ0) is 24.7.